The molecule has 31 heavy (non-hydrogen) atoms. The van der Waals surface area contributed by atoms with E-state index in [1.54, 1.807) is 0 Å². The summed E-state index contributed by atoms with van der Waals surface area (Å²) in [7, 11) is -3.80. The third-order valence-corrected chi connectivity index (χ3v) is 7.01. The van der Waals surface area contributed by atoms with Crippen LogP contribution in [0.2, 0.25) is 0 Å². The van der Waals surface area contributed by atoms with Gasteiger partial charge in [0.1, 0.15) is 11.6 Å². The molecule has 166 valence electrons. The monoisotopic (exact) mass is 451 g/mol. The van der Waals surface area contributed by atoms with Crippen molar-refractivity contribution in [1.29, 1.82) is 0 Å². The maximum absolute atomic E-state index is 13.2. The fourth-order valence-corrected chi connectivity index (χ4v) is 5.23. The third kappa shape index (κ3) is 5.86. The van der Waals surface area contributed by atoms with Crippen molar-refractivity contribution >= 4 is 27.5 Å². The number of rotatable bonds is 6. The van der Waals surface area contributed by atoms with E-state index in [2.05, 4.69) is 10.6 Å². The summed E-state index contributed by atoms with van der Waals surface area (Å²) in [6.07, 6.45) is 2.48. The second-order valence-electron chi connectivity index (χ2n) is 7.23. The van der Waals surface area contributed by atoms with Crippen LogP contribution in [0.25, 0.3) is 0 Å². The zero-order valence-electron chi connectivity index (χ0n) is 16.7. The minimum Gasteiger partial charge on any atom is -0.348 e. The number of anilines is 1. The van der Waals surface area contributed by atoms with Gasteiger partial charge in [-0.2, -0.15) is 4.31 Å². The van der Waals surface area contributed by atoms with Gasteiger partial charge in [0, 0.05) is 24.8 Å². The summed E-state index contributed by atoms with van der Waals surface area (Å²) in [5, 5.41) is 4.77. The molecule has 0 radical (unpaired) electrons. The Morgan fingerprint density at radius 3 is 2.45 bits per heavy atom. The van der Waals surface area contributed by atoms with Crippen LogP contribution in [-0.2, 0) is 19.6 Å². The van der Waals surface area contributed by atoms with Crippen molar-refractivity contribution < 1.29 is 26.8 Å². The number of nitrogens with zero attached hydrogens (tertiary/aromatic N) is 1. The Bertz CT molecular complexity index is 1040. The summed E-state index contributed by atoms with van der Waals surface area (Å²) in [5.41, 5.74) is 0.156. The van der Waals surface area contributed by atoms with Gasteiger partial charge in [0.2, 0.25) is 10.0 Å². The lowest BCUT2D eigenvalue weighted by Gasteiger charge is -2.34. The molecule has 10 heteroatoms. The summed E-state index contributed by atoms with van der Waals surface area (Å²) in [6, 6.07) is 9.47. The minimum absolute atomic E-state index is 0.0132. The highest BCUT2D eigenvalue weighted by atomic mass is 32.2. The van der Waals surface area contributed by atoms with Crippen molar-refractivity contribution in [3.63, 3.8) is 0 Å². The lowest BCUT2D eigenvalue weighted by Crippen LogP contribution is -2.45. The van der Waals surface area contributed by atoms with Crippen LogP contribution >= 0.6 is 0 Å². The number of hydrogen-bond donors (Lipinski definition) is 2. The number of carbonyl (C=O) groups is 2. The van der Waals surface area contributed by atoms with E-state index in [9.17, 15) is 26.8 Å². The molecular weight excluding hydrogens is 428 g/mol. The summed E-state index contributed by atoms with van der Waals surface area (Å²) in [6.45, 7) is 0.424. The van der Waals surface area contributed by atoms with Crippen LogP contribution in [0.4, 0.5) is 14.5 Å². The molecular formula is C21H23F2N3O4S. The fourth-order valence-electron chi connectivity index (χ4n) is 3.51. The van der Waals surface area contributed by atoms with Gasteiger partial charge >= 0.3 is 11.8 Å². The van der Waals surface area contributed by atoms with Crippen molar-refractivity contribution in [2.24, 2.45) is 0 Å². The predicted molar refractivity (Wildman–Crippen MR) is 111 cm³/mol. The molecule has 2 N–H and O–H groups in total. The van der Waals surface area contributed by atoms with Gasteiger partial charge in [0.25, 0.3) is 0 Å². The van der Waals surface area contributed by atoms with Crippen LogP contribution in [0.15, 0.2) is 53.4 Å². The quantitative estimate of drug-likeness (QED) is 0.660. The van der Waals surface area contributed by atoms with Gasteiger partial charge < -0.3 is 10.6 Å². The number of hydrogen-bond acceptors (Lipinski definition) is 4. The Balaban J connectivity index is 1.57. The van der Waals surface area contributed by atoms with Crippen molar-refractivity contribution in [2.45, 2.75) is 36.6 Å². The SMILES string of the molecule is O=C(NCC[C@H]1CCCCN1S(=O)(=O)c1ccc(F)cc1)C(=O)Nc1cccc(F)c1. The van der Waals surface area contributed by atoms with Gasteiger partial charge in [-0.1, -0.05) is 12.5 Å². The van der Waals surface area contributed by atoms with E-state index in [1.807, 2.05) is 0 Å². The molecule has 2 aromatic rings. The average molecular weight is 451 g/mol. The average Bonchev–Trinajstić information content (AvgIpc) is 2.74. The van der Waals surface area contributed by atoms with Gasteiger partial charge in [-0.25, -0.2) is 17.2 Å². The number of piperidine rings is 1. The van der Waals surface area contributed by atoms with E-state index in [0.717, 1.165) is 24.6 Å². The number of benzene rings is 2. The number of sulfonamides is 1. The van der Waals surface area contributed by atoms with Crippen LogP contribution < -0.4 is 10.6 Å². The maximum Gasteiger partial charge on any atom is 0.313 e. The Labute approximate surface area is 179 Å². The van der Waals surface area contributed by atoms with Gasteiger partial charge in [-0.3, -0.25) is 9.59 Å². The van der Waals surface area contributed by atoms with Crippen LogP contribution in [0, 0.1) is 11.6 Å². The van der Waals surface area contributed by atoms with E-state index in [-0.39, 0.29) is 23.2 Å². The molecule has 1 saturated heterocycles. The second-order valence-corrected chi connectivity index (χ2v) is 9.12. The standard InChI is InChI=1S/C21H23F2N3O4S/c22-15-7-9-19(10-8-15)31(29,30)26-13-2-1-6-18(26)11-12-24-20(27)21(28)25-17-5-3-4-16(23)14-17/h3-5,7-10,14,18H,1-2,6,11-13H2,(H,24,27)(H,25,28)/t18-/m1/s1. The maximum atomic E-state index is 13.2. The number of halogens is 2. The van der Waals surface area contributed by atoms with Crippen molar-refractivity contribution in [1.82, 2.24) is 9.62 Å². The van der Waals surface area contributed by atoms with Crippen LogP contribution in [0.3, 0.4) is 0 Å². The first kappa shape index (κ1) is 22.8. The van der Waals surface area contributed by atoms with Crippen LogP contribution in [0.5, 0.6) is 0 Å². The first-order valence-corrected chi connectivity index (χ1v) is 11.3. The summed E-state index contributed by atoms with van der Waals surface area (Å²) in [4.78, 5) is 24.0. The molecule has 0 aliphatic carbocycles. The van der Waals surface area contributed by atoms with Gasteiger partial charge in [0.05, 0.1) is 4.90 Å². The fraction of sp³-hybridized carbons (Fsp3) is 0.333. The molecule has 0 saturated carbocycles. The first-order chi connectivity index (χ1) is 14.8. The molecule has 7 nitrogen and oxygen atoms in total. The lowest BCUT2D eigenvalue weighted by atomic mass is 10.0. The largest absolute Gasteiger partial charge is 0.348 e. The van der Waals surface area contributed by atoms with Crippen LogP contribution in [-0.4, -0.2) is 43.7 Å². The normalized spacial score (nSPS) is 17.2. The van der Waals surface area contributed by atoms with Gasteiger partial charge in [-0.15, -0.1) is 0 Å². The van der Waals surface area contributed by atoms with E-state index >= 15 is 0 Å². The molecule has 0 unspecified atom stereocenters. The van der Waals surface area contributed by atoms with Crippen molar-refractivity contribution in [3.8, 4) is 0 Å². The van der Waals surface area contributed by atoms with Gasteiger partial charge in [-0.05, 0) is 61.7 Å². The highest BCUT2D eigenvalue weighted by Crippen LogP contribution is 2.27. The molecule has 0 aromatic heterocycles. The Morgan fingerprint density at radius 1 is 1.00 bits per heavy atom. The van der Waals surface area contributed by atoms with E-state index in [4.69, 9.17) is 0 Å². The minimum atomic E-state index is -3.80. The molecule has 0 spiro atoms. The second kappa shape index (κ2) is 9.97. The predicted octanol–water partition coefficient (Wildman–Crippen LogP) is 2.65. The van der Waals surface area contributed by atoms with E-state index < -0.39 is 33.5 Å². The summed E-state index contributed by atoms with van der Waals surface area (Å²) >= 11 is 0. The molecule has 1 heterocycles. The molecule has 1 atom stereocenters. The topological polar surface area (TPSA) is 95.6 Å². The molecule has 1 aliphatic rings. The molecule has 2 aromatic carbocycles. The highest BCUT2D eigenvalue weighted by molar-refractivity contribution is 7.89. The van der Waals surface area contributed by atoms with E-state index in [1.165, 1.54) is 34.6 Å². The molecule has 0 bridgehead atoms. The molecule has 1 aliphatic heterocycles. The number of amides is 2. The highest BCUT2D eigenvalue weighted by Gasteiger charge is 2.33. The summed E-state index contributed by atoms with van der Waals surface area (Å²) < 4.78 is 53.6. The molecule has 2 amide bonds. The lowest BCUT2D eigenvalue weighted by molar-refractivity contribution is -0.136. The Hall–Kier alpha value is -2.85. The Morgan fingerprint density at radius 2 is 1.74 bits per heavy atom. The summed E-state index contributed by atoms with van der Waals surface area (Å²) in [5.74, 6) is -2.90. The van der Waals surface area contributed by atoms with Crippen molar-refractivity contribution in [3.05, 3.63) is 60.2 Å². The first-order valence-electron chi connectivity index (χ1n) is 9.89. The smallest absolute Gasteiger partial charge is 0.313 e. The number of nitrogens with one attached hydrogen (secondary N) is 2. The third-order valence-electron chi connectivity index (χ3n) is 5.05. The molecule has 1 fully saturated rings. The Kier molecular flexibility index (Phi) is 7.34. The van der Waals surface area contributed by atoms with E-state index in [0.29, 0.717) is 25.8 Å². The zero-order chi connectivity index (χ0) is 22.4. The van der Waals surface area contributed by atoms with Gasteiger partial charge in [0.15, 0.2) is 0 Å². The van der Waals surface area contributed by atoms with Crippen LogP contribution in [0.1, 0.15) is 25.7 Å². The number of carbonyl (C=O) groups excluding carboxylic acids is 2. The zero-order valence-corrected chi connectivity index (χ0v) is 17.5. The molecule has 3 rings (SSSR count). The van der Waals surface area contributed by atoms with Crippen molar-refractivity contribution in [2.75, 3.05) is 18.4 Å².